The van der Waals surface area contributed by atoms with E-state index in [1.54, 1.807) is 6.92 Å². The molecule has 1 aromatic heterocycles. The van der Waals surface area contributed by atoms with Gasteiger partial charge in [0.25, 0.3) is 9.05 Å². The van der Waals surface area contributed by atoms with Crippen molar-refractivity contribution in [2.45, 2.75) is 11.9 Å². The van der Waals surface area contributed by atoms with Gasteiger partial charge in [-0.05, 0) is 6.92 Å². The van der Waals surface area contributed by atoms with Crippen LogP contribution in [0.2, 0.25) is 0 Å². The van der Waals surface area contributed by atoms with E-state index in [0.29, 0.717) is 5.56 Å². The van der Waals surface area contributed by atoms with E-state index in [0.717, 1.165) is 0 Å². The molecule has 4 nitrogen and oxygen atoms in total. The van der Waals surface area contributed by atoms with Crippen molar-refractivity contribution < 1.29 is 8.42 Å². The van der Waals surface area contributed by atoms with E-state index < -0.39 is 9.05 Å². The minimum Gasteiger partial charge on any atom is -0.256 e. The summed E-state index contributed by atoms with van der Waals surface area (Å²) in [7, 11) is 3.00. The first-order valence-corrected chi connectivity index (χ1v) is 5.17. The highest BCUT2D eigenvalue weighted by Gasteiger charge is 2.17. The molecule has 62 valence electrons. The van der Waals surface area contributed by atoms with E-state index in [2.05, 4.69) is 5.10 Å². The third kappa shape index (κ3) is 1.54. The summed E-state index contributed by atoms with van der Waals surface area (Å²) in [5.74, 6) is 0. The lowest BCUT2D eigenvalue weighted by Crippen LogP contribution is -2.02. The molecule has 0 spiro atoms. The Kier molecular flexibility index (Phi) is 1.94. The van der Waals surface area contributed by atoms with Crippen LogP contribution in [-0.2, 0) is 16.1 Å². The maximum absolute atomic E-state index is 10.8. The Labute approximate surface area is 69.2 Å². The highest BCUT2D eigenvalue weighted by Crippen LogP contribution is 2.17. The van der Waals surface area contributed by atoms with Crippen molar-refractivity contribution in [1.82, 2.24) is 9.78 Å². The fourth-order valence-electron chi connectivity index (χ4n) is 0.886. The van der Waals surface area contributed by atoms with Crippen molar-refractivity contribution in [3.05, 3.63) is 11.8 Å². The van der Waals surface area contributed by atoms with Crippen LogP contribution in [0.1, 0.15) is 5.56 Å². The third-order valence-electron chi connectivity index (χ3n) is 1.29. The molecule has 0 amide bonds. The molecule has 1 aromatic rings. The van der Waals surface area contributed by atoms with Gasteiger partial charge in [-0.3, -0.25) is 4.68 Å². The Morgan fingerprint density at radius 1 is 1.64 bits per heavy atom. The summed E-state index contributed by atoms with van der Waals surface area (Å²) in [6, 6.07) is 0. The van der Waals surface area contributed by atoms with Crippen LogP contribution >= 0.6 is 10.7 Å². The van der Waals surface area contributed by atoms with Gasteiger partial charge in [0.1, 0.15) is 0 Å². The maximum Gasteiger partial charge on any atom is 0.278 e. The van der Waals surface area contributed by atoms with Crippen LogP contribution in [0.25, 0.3) is 0 Å². The molecule has 1 heterocycles. The predicted molar refractivity (Wildman–Crippen MR) is 41.0 cm³/mol. The van der Waals surface area contributed by atoms with Crippen LogP contribution in [0.15, 0.2) is 11.2 Å². The van der Waals surface area contributed by atoms with Crippen LogP contribution in [0.5, 0.6) is 0 Å². The van der Waals surface area contributed by atoms with Crippen molar-refractivity contribution >= 4 is 19.7 Å². The summed E-state index contributed by atoms with van der Waals surface area (Å²) in [6.45, 7) is 1.64. The van der Waals surface area contributed by atoms with E-state index in [-0.39, 0.29) is 5.03 Å². The number of nitrogens with zero attached hydrogens (tertiary/aromatic N) is 2. The second-order valence-electron chi connectivity index (χ2n) is 2.19. The zero-order valence-electron chi connectivity index (χ0n) is 6.07. The topological polar surface area (TPSA) is 52.0 Å². The molecule has 0 radical (unpaired) electrons. The highest BCUT2D eigenvalue weighted by atomic mass is 35.7. The van der Waals surface area contributed by atoms with Crippen molar-refractivity contribution in [1.29, 1.82) is 0 Å². The Bertz CT molecular complexity index is 348. The minimum atomic E-state index is -3.65. The lowest BCUT2D eigenvalue weighted by molar-refractivity contribution is 0.589. The van der Waals surface area contributed by atoms with Crippen LogP contribution in [0, 0.1) is 6.92 Å². The van der Waals surface area contributed by atoms with Gasteiger partial charge < -0.3 is 0 Å². The molecule has 0 fully saturated rings. The van der Waals surface area contributed by atoms with Gasteiger partial charge in [-0.2, -0.15) is 5.10 Å². The third-order valence-corrected chi connectivity index (χ3v) is 2.77. The average molecular weight is 195 g/mol. The van der Waals surface area contributed by atoms with Crippen LogP contribution in [0.3, 0.4) is 0 Å². The second kappa shape index (κ2) is 2.49. The van der Waals surface area contributed by atoms with E-state index in [1.165, 1.54) is 17.9 Å². The Morgan fingerprint density at radius 3 is 2.36 bits per heavy atom. The number of aromatic nitrogens is 2. The average Bonchev–Trinajstić information content (AvgIpc) is 2.08. The standard InChI is InChI=1S/C5H7ClN2O2S/c1-4-3-7-8(2)5(4)11(6,9)10/h3H,1-2H3. The number of rotatable bonds is 1. The molecule has 0 aromatic carbocycles. The molecule has 6 heteroatoms. The zero-order chi connectivity index (χ0) is 8.65. The van der Waals surface area contributed by atoms with Crippen LogP contribution in [0.4, 0.5) is 0 Å². The lowest BCUT2D eigenvalue weighted by atomic mass is 10.4. The molecule has 0 saturated carbocycles. The summed E-state index contributed by atoms with van der Waals surface area (Å²) in [5, 5.41) is 3.79. The fraction of sp³-hybridized carbons (Fsp3) is 0.400. The zero-order valence-corrected chi connectivity index (χ0v) is 7.65. The minimum absolute atomic E-state index is 0.0548. The predicted octanol–water partition coefficient (Wildman–Crippen LogP) is 0.656. The quantitative estimate of drug-likeness (QED) is 0.617. The van der Waals surface area contributed by atoms with E-state index in [9.17, 15) is 8.42 Å². The van der Waals surface area contributed by atoms with Crippen molar-refractivity contribution in [2.75, 3.05) is 0 Å². The van der Waals surface area contributed by atoms with Gasteiger partial charge in [0.05, 0.1) is 6.20 Å². The first-order valence-electron chi connectivity index (χ1n) is 2.86. The molecular formula is C5H7ClN2O2S. The summed E-state index contributed by atoms with van der Waals surface area (Å²) in [4.78, 5) is 0. The highest BCUT2D eigenvalue weighted by molar-refractivity contribution is 8.13. The van der Waals surface area contributed by atoms with Crippen LogP contribution in [-0.4, -0.2) is 18.2 Å². The second-order valence-corrected chi connectivity index (χ2v) is 4.68. The first kappa shape index (κ1) is 8.55. The Balaban J connectivity index is 3.45. The summed E-state index contributed by atoms with van der Waals surface area (Å²) >= 11 is 0. The number of hydrogen-bond donors (Lipinski definition) is 0. The summed E-state index contributed by atoms with van der Waals surface area (Å²) in [6.07, 6.45) is 1.45. The molecule has 0 aliphatic rings. The lowest BCUT2D eigenvalue weighted by Gasteiger charge is -1.96. The van der Waals surface area contributed by atoms with E-state index in [4.69, 9.17) is 10.7 Å². The van der Waals surface area contributed by atoms with Gasteiger partial charge in [-0.25, -0.2) is 8.42 Å². The normalized spacial score (nSPS) is 11.9. The van der Waals surface area contributed by atoms with Gasteiger partial charge in [-0.1, -0.05) is 0 Å². The molecule has 0 atom stereocenters. The van der Waals surface area contributed by atoms with Gasteiger partial charge in [-0.15, -0.1) is 0 Å². The SMILES string of the molecule is Cc1cnn(C)c1S(=O)(=O)Cl. The van der Waals surface area contributed by atoms with E-state index in [1.807, 2.05) is 0 Å². The number of aryl methyl sites for hydroxylation is 2. The molecule has 0 saturated heterocycles. The molecule has 0 aliphatic heterocycles. The maximum atomic E-state index is 10.8. The Morgan fingerprint density at radius 2 is 2.18 bits per heavy atom. The van der Waals surface area contributed by atoms with Gasteiger partial charge in [0.2, 0.25) is 0 Å². The monoisotopic (exact) mass is 194 g/mol. The first-order chi connectivity index (χ1) is 4.93. The smallest absolute Gasteiger partial charge is 0.256 e. The van der Waals surface area contributed by atoms with E-state index >= 15 is 0 Å². The molecule has 0 aliphatic carbocycles. The molecule has 11 heavy (non-hydrogen) atoms. The van der Waals surface area contributed by atoms with Crippen molar-refractivity contribution in [3.8, 4) is 0 Å². The Hall–Kier alpha value is -0.550. The largest absolute Gasteiger partial charge is 0.278 e. The molecule has 1 rings (SSSR count). The van der Waals surface area contributed by atoms with Gasteiger partial charge >= 0.3 is 0 Å². The summed E-state index contributed by atoms with van der Waals surface area (Å²) < 4.78 is 22.9. The number of halogens is 1. The fourth-order valence-corrected chi connectivity index (χ4v) is 2.35. The molecule has 0 N–H and O–H groups in total. The van der Waals surface area contributed by atoms with Crippen LogP contribution < -0.4 is 0 Å². The summed E-state index contributed by atoms with van der Waals surface area (Å²) in [5.41, 5.74) is 0.558. The van der Waals surface area contributed by atoms with Crippen molar-refractivity contribution in [2.24, 2.45) is 7.05 Å². The van der Waals surface area contributed by atoms with Gasteiger partial charge in [0.15, 0.2) is 5.03 Å². The van der Waals surface area contributed by atoms with Crippen molar-refractivity contribution in [3.63, 3.8) is 0 Å². The molecule has 0 bridgehead atoms. The molecule has 0 unspecified atom stereocenters. The van der Waals surface area contributed by atoms with Gasteiger partial charge in [0, 0.05) is 23.3 Å². The number of hydrogen-bond acceptors (Lipinski definition) is 3. The molecular weight excluding hydrogens is 188 g/mol.